The number of aromatic nitrogens is 4. The molecule has 0 aliphatic carbocycles. The Bertz CT molecular complexity index is 1200. The molecule has 2 heterocycles. The maximum absolute atomic E-state index is 12.9. The molecular formula is C24H25N5O. The van der Waals surface area contributed by atoms with Crippen LogP contribution in [0.4, 0.5) is 5.69 Å². The van der Waals surface area contributed by atoms with E-state index in [4.69, 9.17) is 0 Å². The maximum atomic E-state index is 12.9. The van der Waals surface area contributed by atoms with E-state index in [1.165, 1.54) is 5.56 Å². The van der Waals surface area contributed by atoms with Crippen LogP contribution >= 0.6 is 0 Å². The molecule has 0 unspecified atom stereocenters. The third-order valence-corrected chi connectivity index (χ3v) is 5.22. The fourth-order valence-corrected chi connectivity index (χ4v) is 3.49. The van der Waals surface area contributed by atoms with E-state index < -0.39 is 0 Å². The van der Waals surface area contributed by atoms with Gasteiger partial charge in [0.15, 0.2) is 5.69 Å². The molecule has 2 aromatic carbocycles. The van der Waals surface area contributed by atoms with E-state index in [1.807, 2.05) is 49.4 Å². The van der Waals surface area contributed by atoms with Gasteiger partial charge in [0.25, 0.3) is 5.91 Å². The lowest BCUT2D eigenvalue weighted by Crippen LogP contribution is -2.14. The van der Waals surface area contributed by atoms with Crippen molar-refractivity contribution in [2.45, 2.75) is 33.6 Å². The van der Waals surface area contributed by atoms with Crippen molar-refractivity contribution >= 4 is 22.4 Å². The predicted molar refractivity (Wildman–Crippen MR) is 119 cm³/mol. The van der Waals surface area contributed by atoms with Crippen molar-refractivity contribution in [3.63, 3.8) is 0 Å². The number of nitrogens with one attached hydrogen (secondary N) is 1. The second-order valence-corrected chi connectivity index (χ2v) is 7.89. The first-order chi connectivity index (χ1) is 14.5. The molecule has 1 amide bonds. The number of carbonyl (C=O) groups excluding carboxylic acids is 1. The van der Waals surface area contributed by atoms with Gasteiger partial charge in [-0.3, -0.25) is 9.78 Å². The average molecular weight is 399 g/mol. The molecule has 0 radical (unpaired) electrons. The number of aryl methyl sites for hydroxylation is 1. The Labute approximate surface area is 176 Å². The molecule has 152 valence electrons. The number of hydrogen-bond donors (Lipinski definition) is 1. The number of benzene rings is 2. The summed E-state index contributed by atoms with van der Waals surface area (Å²) in [7, 11) is 0. The van der Waals surface area contributed by atoms with Crippen LogP contribution in [0.1, 0.15) is 42.0 Å². The molecule has 4 aromatic rings. The first-order valence-electron chi connectivity index (χ1n) is 10.2. The van der Waals surface area contributed by atoms with Crippen LogP contribution < -0.4 is 5.32 Å². The molecule has 0 fully saturated rings. The summed E-state index contributed by atoms with van der Waals surface area (Å²) in [6.07, 6.45) is 5.58. The number of nitrogens with zero attached hydrogens (tertiary/aromatic N) is 4. The Balaban J connectivity index is 1.59. The van der Waals surface area contributed by atoms with Gasteiger partial charge in [-0.2, -0.15) is 0 Å². The molecule has 0 aliphatic rings. The Hall–Kier alpha value is -3.54. The third kappa shape index (κ3) is 4.08. The van der Waals surface area contributed by atoms with Gasteiger partial charge in [-0.25, -0.2) is 4.68 Å². The normalized spacial score (nSPS) is 11.2. The number of carbonyl (C=O) groups is 1. The van der Waals surface area contributed by atoms with Crippen LogP contribution in [-0.2, 0) is 6.42 Å². The molecule has 6 heteroatoms. The molecule has 2 aromatic heterocycles. The highest BCUT2D eigenvalue weighted by Gasteiger charge is 2.19. The van der Waals surface area contributed by atoms with Gasteiger partial charge in [-0.05, 0) is 60.9 Å². The van der Waals surface area contributed by atoms with E-state index in [1.54, 1.807) is 17.1 Å². The largest absolute Gasteiger partial charge is 0.321 e. The minimum Gasteiger partial charge on any atom is -0.321 e. The molecule has 6 nitrogen and oxygen atoms in total. The maximum Gasteiger partial charge on any atom is 0.278 e. The summed E-state index contributed by atoms with van der Waals surface area (Å²) in [5, 5.41) is 13.4. The lowest BCUT2D eigenvalue weighted by molar-refractivity contribution is 0.102. The number of anilines is 1. The van der Waals surface area contributed by atoms with Crippen molar-refractivity contribution in [2.24, 2.45) is 5.92 Å². The van der Waals surface area contributed by atoms with Gasteiger partial charge in [-0.1, -0.05) is 43.3 Å². The summed E-state index contributed by atoms with van der Waals surface area (Å²) in [5.74, 6) is 0.343. The number of rotatable bonds is 6. The van der Waals surface area contributed by atoms with Gasteiger partial charge in [0.2, 0.25) is 0 Å². The van der Waals surface area contributed by atoms with E-state index in [9.17, 15) is 4.79 Å². The smallest absolute Gasteiger partial charge is 0.278 e. The van der Waals surface area contributed by atoms with E-state index in [0.717, 1.165) is 29.3 Å². The van der Waals surface area contributed by atoms with Gasteiger partial charge < -0.3 is 5.32 Å². The minimum atomic E-state index is -0.276. The van der Waals surface area contributed by atoms with E-state index >= 15 is 0 Å². The fourth-order valence-electron chi connectivity index (χ4n) is 3.49. The summed E-state index contributed by atoms with van der Waals surface area (Å²) in [6.45, 7) is 6.31. The number of para-hydroxylation sites is 1. The molecule has 0 spiro atoms. The van der Waals surface area contributed by atoms with E-state index in [2.05, 4.69) is 40.5 Å². The van der Waals surface area contributed by atoms with Crippen molar-refractivity contribution in [3.05, 3.63) is 77.9 Å². The van der Waals surface area contributed by atoms with Crippen LogP contribution in [-0.4, -0.2) is 25.9 Å². The van der Waals surface area contributed by atoms with Gasteiger partial charge in [-0.15, -0.1) is 5.10 Å². The summed E-state index contributed by atoms with van der Waals surface area (Å²) >= 11 is 0. The van der Waals surface area contributed by atoms with Crippen molar-refractivity contribution in [1.29, 1.82) is 0 Å². The molecule has 0 saturated heterocycles. The van der Waals surface area contributed by atoms with Crippen LogP contribution in [0.15, 0.2) is 60.9 Å². The molecule has 30 heavy (non-hydrogen) atoms. The Morgan fingerprint density at radius 3 is 2.77 bits per heavy atom. The van der Waals surface area contributed by atoms with Gasteiger partial charge in [0.1, 0.15) is 0 Å². The Morgan fingerprint density at radius 2 is 1.93 bits per heavy atom. The SMILES string of the molecule is Cc1c(C(=O)Nc2ccc3ccncc3c2)nnn1-c1ccccc1CCC(C)C. The van der Waals surface area contributed by atoms with Gasteiger partial charge >= 0.3 is 0 Å². The van der Waals surface area contributed by atoms with E-state index in [0.29, 0.717) is 23.0 Å². The molecule has 0 aliphatic heterocycles. The summed E-state index contributed by atoms with van der Waals surface area (Å²) in [5.41, 5.74) is 3.91. The van der Waals surface area contributed by atoms with Crippen LogP contribution in [0.3, 0.4) is 0 Å². The minimum absolute atomic E-state index is 0.276. The quantitative estimate of drug-likeness (QED) is 0.497. The Morgan fingerprint density at radius 1 is 1.10 bits per heavy atom. The highest BCUT2D eigenvalue weighted by Crippen LogP contribution is 2.22. The summed E-state index contributed by atoms with van der Waals surface area (Å²) in [4.78, 5) is 17.0. The standard InChI is InChI=1S/C24H25N5O/c1-16(2)8-9-19-6-4-5-7-22(19)29-17(3)23(27-28-29)24(30)26-21-11-10-18-12-13-25-15-20(18)14-21/h4-7,10-16H,8-9H2,1-3H3,(H,26,30). The molecule has 1 N–H and O–H groups in total. The highest BCUT2D eigenvalue weighted by atomic mass is 16.2. The molecular weight excluding hydrogens is 374 g/mol. The lowest BCUT2D eigenvalue weighted by Gasteiger charge is -2.12. The predicted octanol–water partition coefficient (Wildman–Crippen LogP) is 4.96. The monoisotopic (exact) mass is 399 g/mol. The molecule has 0 atom stereocenters. The van der Waals surface area contributed by atoms with Gasteiger partial charge in [0, 0.05) is 23.5 Å². The van der Waals surface area contributed by atoms with Crippen LogP contribution in [0.2, 0.25) is 0 Å². The third-order valence-electron chi connectivity index (χ3n) is 5.22. The number of hydrogen-bond acceptors (Lipinski definition) is 4. The van der Waals surface area contributed by atoms with E-state index in [-0.39, 0.29) is 5.91 Å². The number of amides is 1. The number of pyridine rings is 1. The van der Waals surface area contributed by atoms with Gasteiger partial charge in [0.05, 0.1) is 11.4 Å². The van der Waals surface area contributed by atoms with Crippen molar-refractivity contribution in [2.75, 3.05) is 5.32 Å². The summed E-state index contributed by atoms with van der Waals surface area (Å²) < 4.78 is 1.76. The first-order valence-corrected chi connectivity index (χ1v) is 10.2. The average Bonchev–Trinajstić information content (AvgIpc) is 3.13. The topological polar surface area (TPSA) is 72.7 Å². The molecule has 0 saturated carbocycles. The Kier molecular flexibility index (Phi) is 5.57. The zero-order valence-corrected chi connectivity index (χ0v) is 17.5. The fraction of sp³-hybridized carbons (Fsp3) is 0.250. The lowest BCUT2D eigenvalue weighted by atomic mass is 10.0. The van der Waals surface area contributed by atoms with Crippen molar-refractivity contribution in [3.8, 4) is 5.69 Å². The zero-order chi connectivity index (χ0) is 21.1. The van der Waals surface area contributed by atoms with Crippen molar-refractivity contribution < 1.29 is 4.79 Å². The summed E-state index contributed by atoms with van der Waals surface area (Å²) in [6, 6.07) is 15.8. The van der Waals surface area contributed by atoms with Crippen LogP contribution in [0, 0.1) is 12.8 Å². The molecule has 0 bridgehead atoms. The first kappa shape index (κ1) is 19.8. The molecule has 4 rings (SSSR count). The highest BCUT2D eigenvalue weighted by molar-refractivity contribution is 6.04. The van der Waals surface area contributed by atoms with Crippen LogP contribution in [0.5, 0.6) is 0 Å². The van der Waals surface area contributed by atoms with Crippen LogP contribution in [0.25, 0.3) is 16.5 Å². The second-order valence-electron chi connectivity index (χ2n) is 7.89. The number of fused-ring (bicyclic) bond motifs is 1. The zero-order valence-electron chi connectivity index (χ0n) is 17.5. The van der Waals surface area contributed by atoms with Crippen molar-refractivity contribution in [1.82, 2.24) is 20.0 Å². The second kappa shape index (κ2) is 8.45.